The molecule has 1 radical (unpaired) electrons. The van der Waals surface area contributed by atoms with Crippen LogP contribution in [0.3, 0.4) is 0 Å². The van der Waals surface area contributed by atoms with E-state index in [-0.39, 0.29) is 5.89 Å². The number of aromatic nitrogens is 2. The molecule has 0 aliphatic heterocycles. The molecule has 0 spiro atoms. The molecule has 2 rings (SSSR count). The van der Waals surface area contributed by atoms with Crippen LogP contribution in [0.15, 0.2) is 22.7 Å². The Bertz CT molecular complexity index is 464. The lowest BCUT2D eigenvalue weighted by molar-refractivity contribution is 0.142. The first-order valence-electron chi connectivity index (χ1n) is 4.06. The second-order valence-corrected chi connectivity index (χ2v) is 3.69. The molecule has 15 heavy (non-hydrogen) atoms. The molecular formula is C9H5Cl2N2O2. The molecule has 0 N–H and O–H groups in total. The van der Waals surface area contributed by atoms with Gasteiger partial charge in [0.2, 0.25) is 5.82 Å². The lowest BCUT2D eigenvalue weighted by Gasteiger charge is -1.96. The Morgan fingerprint density at radius 3 is 2.40 bits per heavy atom. The average Bonchev–Trinajstić information content (AvgIpc) is 2.64. The van der Waals surface area contributed by atoms with E-state index in [4.69, 9.17) is 23.2 Å². The van der Waals surface area contributed by atoms with Crippen molar-refractivity contribution in [3.63, 3.8) is 0 Å². The van der Waals surface area contributed by atoms with Crippen LogP contribution in [0.4, 0.5) is 0 Å². The molecular weight excluding hydrogens is 239 g/mol. The van der Waals surface area contributed by atoms with E-state index in [1.165, 1.54) is 0 Å². The Hall–Kier alpha value is -1.10. The van der Waals surface area contributed by atoms with Gasteiger partial charge in [-0.15, -0.1) is 0 Å². The minimum Gasteiger partial charge on any atom is -0.336 e. The van der Waals surface area contributed by atoms with E-state index in [1.807, 2.05) is 0 Å². The van der Waals surface area contributed by atoms with E-state index < -0.39 is 6.61 Å². The first-order valence-corrected chi connectivity index (χ1v) is 4.82. The van der Waals surface area contributed by atoms with Gasteiger partial charge in [-0.1, -0.05) is 28.4 Å². The Morgan fingerprint density at radius 1 is 1.20 bits per heavy atom. The van der Waals surface area contributed by atoms with Crippen molar-refractivity contribution in [2.75, 3.05) is 0 Å². The topological polar surface area (TPSA) is 58.8 Å². The van der Waals surface area contributed by atoms with Crippen LogP contribution in [0.2, 0.25) is 10.0 Å². The van der Waals surface area contributed by atoms with Crippen LogP contribution in [0.1, 0.15) is 5.89 Å². The van der Waals surface area contributed by atoms with Crippen molar-refractivity contribution in [1.82, 2.24) is 10.1 Å². The molecule has 6 heteroatoms. The van der Waals surface area contributed by atoms with Crippen molar-refractivity contribution in [3.8, 4) is 11.4 Å². The molecule has 1 aromatic carbocycles. The molecule has 0 atom stereocenters. The van der Waals surface area contributed by atoms with Crippen LogP contribution in [0.25, 0.3) is 11.4 Å². The highest BCUT2D eigenvalue weighted by Crippen LogP contribution is 2.25. The number of nitrogens with zero attached hydrogens (tertiary/aromatic N) is 2. The quantitative estimate of drug-likeness (QED) is 0.815. The van der Waals surface area contributed by atoms with Gasteiger partial charge in [0.15, 0.2) is 6.61 Å². The van der Waals surface area contributed by atoms with E-state index in [2.05, 4.69) is 14.7 Å². The van der Waals surface area contributed by atoms with E-state index in [1.54, 1.807) is 18.2 Å². The summed E-state index contributed by atoms with van der Waals surface area (Å²) in [4.78, 5) is 3.87. The van der Waals surface area contributed by atoms with E-state index >= 15 is 0 Å². The third kappa shape index (κ3) is 2.28. The van der Waals surface area contributed by atoms with Gasteiger partial charge in [-0.05, 0) is 18.2 Å². The third-order valence-electron chi connectivity index (χ3n) is 1.71. The van der Waals surface area contributed by atoms with Crippen molar-refractivity contribution < 1.29 is 9.63 Å². The van der Waals surface area contributed by atoms with Crippen LogP contribution in [0, 0.1) is 0 Å². The summed E-state index contributed by atoms with van der Waals surface area (Å²) in [5.41, 5.74) is 0.621. The standard InChI is InChI=1S/C9H5Cl2N2O2/c10-6-1-5(2-7(11)3-6)9-12-8(4-14)15-13-9/h1-3H,4H2. The number of hydrogen-bond acceptors (Lipinski definition) is 3. The highest BCUT2D eigenvalue weighted by atomic mass is 35.5. The SMILES string of the molecule is [O]Cc1nc(-c2cc(Cl)cc(Cl)c2)no1. The molecule has 0 fully saturated rings. The third-order valence-corrected chi connectivity index (χ3v) is 2.15. The number of hydrogen-bond donors (Lipinski definition) is 0. The van der Waals surface area contributed by atoms with E-state index in [0.717, 1.165) is 0 Å². The van der Waals surface area contributed by atoms with Crippen LogP contribution in [-0.2, 0) is 11.7 Å². The minimum absolute atomic E-state index is 0.0427. The maximum Gasteiger partial charge on any atom is 0.256 e. The van der Waals surface area contributed by atoms with Crippen molar-refractivity contribution >= 4 is 23.2 Å². The Balaban J connectivity index is 2.44. The minimum atomic E-state index is -0.540. The van der Waals surface area contributed by atoms with Gasteiger partial charge in [0.25, 0.3) is 5.89 Å². The Labute approximate surface area is 95.4 Å². The molecule has 0 unspecified atom stereocenters. The smallest absolute Gasteiger partial charge is 0.256 e. The van der Waals surface area contributed by atoms with Crippen LogP contribution < -0.4 is 0 Å². The van der Waals surface area contributed by atoms with Gasteiger partial charge in [-0.25, -0.2) is 5.11 Å². The maximum absolute atomic E-state index is 10.5. The molecule has 2 aromatic rings. The molecule has 0 saturated heterocycles. The molecule has 1 aromatic heterocycles. The van der Waals surface area contributed by atoms with Gasteiger partial charge in [0.05, 0.1) is 0 Å². The normalized spacial score (nSPS) is 10.6. The zero-order valence-electron chi connectivity index (χ0n) is 7.41. The average molecular weight is 244 g/mol. The fourth-order valence-corrected chi connectivity index (χ4v) is 1.64. The van der Waals surface area contributed by atoms with E-state index in [9.17, 15) is 5.11 Å². The fraction of sp³-hybridized carbons (Fsp3) is 0.111. The largest absolute Gasteiger partial charge is 0.336 e. The van der Waals surface area contributed by atoms with Gasteiger partial charge in [-0.3, -0.25) is 0 Å². The van der Waals surface area contributed by atoms with Gasteiger partial charge in [-0.2, -0.15) is 4.98 Å². The molecule has 1 heterocycles. The highest BCUT2D eigenvalue weighted by molar-refractivity contribution is 6.35. The van der Waals surface area contributed by atoms with Crippen molar-refractivity contribution in [1.29, 1.82) is 0 Å². The summed E-state index contributed by atoms with van der Waals surface area (Å²) in [6.07, 6.45) is 0. The molecule has 4 nitrogen and oxygen atoms in total. The zero-order valence-corrected chi connectivity index (χ0v) is 8.92. The number of rotatable bonds is 2. The van der Waals surface area contributed by atoms with Gasteiger partial charge in [0, 0.05) is 15.6 Å². The Morgan fingerprint density at radius 2 is 1.87 bits per heavy atom. The molecule has 0 bridgehead atoms. The second kappa shape index (κ2) is 4.18. The lowest BCUT2D eigenvalue weighted by atomic mass is 10.2. The van der Waals surface area contributed by atoms with Crippen LogP contribution in [-0.4, -0.2) is 10.1 Å². The molecule has 0 aliphatic carbocycles. The van der Waals surface area contributed by atoms with Crippen LogP contribution in [0.5, 0.6) is 0 Å². The summed E-state index contributed by atoms with van der Waals surface area (Å²) < 4.78 is 4.69. The molecule has 77 valence electrons. The van der Waals surface area contributed by atoms with E-state index in [0.29, 0.717) is 21.4 Å². The Kier molecular flexibility index (Phi) is 2.90. The van der Waals surface area contributed by atoms with Crippen molar-refractivity contribution in [3.05, 3.63) is 34.1 Å². The van der Waals surface area contributed by atoms with Gasteiger partial charge in [0.1, 0.15) is 0 Å². The van der Waals surface area contributed by atoms with Crippen molar-refractivity contribution in [2.24, 2.45) is 0 Å². The summed E-state index contributed by atoms with van der Waals surface area (Å²) in [5, 5.41) is 15.1. The molecule has 0 amide bonds. The first kappa shape index (κ1) is 10.4. The number of benzene rings is 1. The van der Waals surface area contributed by atoms with Gasteiger partial charge < -0.3 is 4.52 Å². The lowest BCUT2D eigenvalue weighted by Crippen LogP contribution is -1.83. The zero-order chi connectivity index (χ0) is 10.8. The number of halogens is 2. The summed E-state index contributed by atoms with van der Waals surface area (Å²) in [6.45, 7) is -0.540. The predicted molar refractivity (Wildman–Crippen MR) is 54.1 cm³/mol. The highest BCUT2D eigenvalue weighted by Gasteiger charge is 2.09. The second-order valence-electron chi connectivity index (χ2n) is 2.81. The fourth-order valence-electron chi connectivity index (χ4n) is 1.11. The summed E-state index contributed by atoms with van der Waals surface area (Å²) in [7, 11) is 0. The monoisotopic (exact) mass is 243 g/mol. The predicted octanol–water partition coefficient (Wildman–Crippen LogP) is 2.97. The van der Waals surface area contributed by atoms with Crippen LogP contribution >= 0.6 is 23.2 Å². The molecule has 0 aliphatic rings. The summed E-state index contributed by atoms with van der Waals surface area (Å²) in [5.74, 6) is 0.353. The summed E-state index contributed by atoms with van der Waals surface area (Å²) >= 11 is 11.6. The van der Waals surface area contributed by atoms with Gasteiger partial charge >= 0.3 is 0 Å². The summed E-state index contributed by atoms with van der Waals surface area (Å²) in [6, 6.07) is 4.89. The maximum atomic E-state index is 10.5. The first-order chi connectivity index (χ1) is 7.19. The van der Waals surface area contributed by atoms with Crippen molar-refractivity contribution in [2.45, 2.75) is 6.61 Å². The molecule has 0 saturated carbocycles.